The van der Waals surface area contributed by atoms with Gasteiger partial charge in [-0.25, -0.2) is 4.39 Å². The number of rotatable bonds is 11. The Morgan fingerprint density at radius 2 is 1.81 bits per heavy atom. The Kier molecular flexibility index (Phi) is 8.98. The average molecular weight is 532 g/mol. The molecule has 0 aliphatic carbocycles. The van der Waals surface area contributed by atoms with Crippen LogP contribution in [0.25, 0.3) is 0 Å². The number of hydrogen-bond acceptors (Lipinski definition) is 9. The fourth-order valence-electron chi connectivity index (χ4n) is 3.53. The summed E-state index contributed by atoms with van der Waals surface area (Å²) >= 11 is 0.656. The van der Waals surface area contributed by atoms with Crippen molar-refractivity contribution >= 4 is 40.6 Å². The summed E-state index contributed by atoms with van der Waals surface area (Å²) in [6.45, 7) is 0.348. The third-order valence-electron chi connectivity index (χ3n) is 5.32. The Labute approximate surface area is 216 Å². The number of primary amides is 1. The number of aromatic nitrogens is 1. The standard InChI is InChI=1S/C24H26FN5O6S/c1-34-11-10-28-23(32)20(13-4-6-14(25)7-5-13)30(16-12-15(35-2)8-9-17(16)36-3)24(33)21-18(26)19(22(27)31)29-37-21/h4-9,12,20H,10-11,26H2,1-3H3,(H2,27,31)(H,28,32)/t20-/m1/s1. The van der Waals surface area contributed by atoms with E-state index in [-0.39, 0.29) is 46.4 Å². The molecule has 1 heterocycles. The number of carbonyl (C=O) groups excluding carboxylic acids is 3. The predicted octanol–water partition coefficient (Wildman–Crippen LogP) is 2.13. The lowest BCUT2D eigenvalue weighted by Crippen LogP contribution is -2.45. The van der Waals surface area contributed by atoms with Crippen LogP contribution in [0.1, 0.15) is 31.8 Å². The van der Waals surface area contributed by atoms with Gasteiger partial charge in [0.1, 0.15) is 28.2 Å². The van der Waals surface area contributed by atoms with Crippen LogP contribution < -0.4 is 31.2 Å². The molecule has 11 nitrogen and oxygen atoms in total. The average Bonchev–Trinajstić information content (AvgIpc) is 3.28. The molecule has 1 aromatic heterocycles. The number of ether oxygens (including phenoxy) is 3. The second-order valence-electron chi connectivity index (χ2n) is 7.59. The van der Waals surface area contributed by atoms with Crippen molar-refractivity contribution in [2.75, 3.05) is 45.1 Å². The van der Waals surface area contributed by atoms with Crippen molar-refractivity contribution < 1.29 is 33.0 Å². The maximum absolute atomic E-state index is 14.1. The number of nitrogens with one attached hydrogen (secondary N) is 1. The predicted molar refractivity (Wildman–Crippen MR) is 135 cm³/mol. The number of methoxy groups -OCH3 is 3. The number of nitrogens with two attached hydrogens (primary N) is 2. The van der Waals surface area contributed by atoms with Gasteiger partial charge in [-0.15, -0.1) is 0 Å². The highest BCUT2D eigenvalue weighted by Crippen LogP contribution is 2.40. The van der Waals surface area contributed by atoms with Crippen molar-refractivity contribution in [3.05, 3.63) is 64.4 Å². The topological polar surface area (TPSA) is 159 Å². The lowest BCUT2D eigenvalue weighted by atomic mass is 10.0. The smallest absolute Gasteiger partial charge is 0.273 e. The van der Waals surface area contributed by atoms with E-state index < -0.39 is 29.6 Å². The Morgan fingerprint density at radius 3 is 2.38 bits per heavy atom. The number of carbonyl (C=O) groups is 3. The van der Waals surface area contributed by atoms with Gasteiger partial charge in [-0.1, -0.05) is 12.1 Å². The normalized spacial score (nSPS) is 11.5. The maximum atomic E-state index is 14.1. The number of benzene rings is 2. The first-order chi connectivity index (χ1) is 17.7. The highest BCUT2D eigenvalue weighted by Gasteiger charge is 2.37. The largest absolute Gasteiger partial charge is 0.497 e. The van der Waals surface area contributed by atoms with Crippen molar-refractivity contribution in [2.24, 2.45) is 5.73 Å². The molecule has 196 valence electrons. The van der Waals surface area contributed by atoms with Gasteiger partial charge in [-0.3, -0.25) is 19.3 Å². The zero-order valence-corrected chi connectivity index (χ0v) is 21.1. The molecular formula is C24H26FN5O6S. The number of hydrogen-bond donors (Lipinski definition) is 3. The minimum atomic E-state index is -1.33. The van der Waals surface area contributed by atoms with Crippen molar-refractivity contribution in [3.8, 4) is 11.5 Å². The van der Waals surface area contributed by atoms with E-state index in [0.717, 1.165) is 4.90 Å². The molecule has 0 spiro atoms. The van der Waals surface area contributed by atoms with Gasteiger partial charge in [-0.05, 0) is 41.4 Å². The van der Waals surface area contributed by atoms with E-state index in [9.17, 15) is 18.8 Å². The second-order valence-corrected chi connectivity index (χ2v) is 8.36. The Hall–Kier alpha value is -4.23. The maximum Gasteiger partial charge on any atom is 0.273 e. The molecule has 0 fully saturated rings. The van der Waals surface area contributed by atoms with E-state index >= 15 is 0 Å². The summed E-state index contributed by atoms with van der Waals surface area (Å²) in [7, 11) is 4.31. The first kappa shape index (κ1) is 27.4. The zero-order valence-electron chi connectivity index (χ0n) is 20.3. The first-order valence-electron chi connectivity index (χ1n) is 10.9. The molecule has 37 heavy (non-hydrogen) atoms. The van der Waals surface area contributed by atoms with Crippen LogP contribution in [-0.4, -0.2) is 56.6 Å². The van der Waals surface area contributed by atoms with Crippen LogP contribution in [0.5, 0.6) is 11.5 Å². The van der Waals surface area contributed by atoms with E-state index in [0.29, 0.717) is 17.3 Å². The number of amides is 3. The third-order valence-corrected chi connectivity index (χ3v) is 6.17. The summed E-state index contributed by atoms with van der Waals surface area (Å²) in [5.41, 5.74) is 11.3. The van der Waals surface area contributed by atoms with E-state index in [2.05, 4.69) is 9.69 Å². The summed E-state index contributed by atoms with van der Waals surface area (Å²) in [5, 5.41) is 2.72. The summed E-state index contributed by atoms with van der Waals surface area (Å²) in [5.74, 6) is -2.22. The van der Waals surface area contributed by atoms with Crippen LogP contribution in [0.2, 0.25) is 0 Å². The van der Waals surface area contributed by atoms with Crippen molar-refractivity contribution in [2.45, 2.75) is 6.04 Å². The molecule has 0 bridgehead atoms. The van der Waals surface area contributed by atoms with Gasteiger partial charge in [0.25, 0.3) is 11.8 Å². The minimum Gasteiger partial charge on any atom is -0.497 e. The summed E-state index contributed by atoms with van der Waals surface area (Å²) < 4.78 is 33.5. The Balaban J connectivity index is 2.28. The lowest BCUT2D eigenvalue weighted by Gasteiger charge is -2.32. The highest BCUT2D eigenvalue weighted by atomic mass is 32.1. The fraction of sp³-hybridized carbons (Fsp3) is 0.250. The fourth-order valence-corrected chi connectivity index (χ4v) is 4.27. The van der Waals surface area contributed by atoms with Crippen molar-refractivity contribution in [1.82, 2.24) is 9.69 Å². The monoisotopic (exact) mass is 531 g/mol. The molecule has 13 heteroatoms. The SMILES string of the molecule is COCCNC(=O)[C@@H](c1ccc(F)cc1)N(C(=O)c1snc(C(N)=O)c1N)c1cc(OC)ccc1OC. The third kappa shape index (κ3) is 5.95. The van der Waals surface area contributed by atoms with Gasteiger partial charge in [0.15, 0.2) is 5.69 Å². The van der Waals surface area contributed by atoms with Gasteiger partial charge >= 0.3 is 0 Å². The molecule has 0 unspecified atom stereocenters. The number of halogens is 1. The molecule has 0 aliphatic heterocycles. The quantitative estimate of drug-likeness (QED) is 0.317. The van der Waals surface area contributed by atoms with Gasteiger partial charge in [-0.2, -0.15) is 4.37 Å². The van der Waals surface area contributed by atoms with Gasteiger partial charge in [0, 0.05) is 19.7 Å². The molecule has 3 aromatic rings. The lowest BCUT2D eigenvalue weighted by molar-refractivity contribution is -0.122. The van der Waals surface area contributed by atoms with Gasteiger partial charge < -0.3 is 31.0 Å². The zero-order chi connectivity index (χ0) is 27.1. The summed E-state index contributed by atoms with van der Waals surface area (Å²) in [6.07, 6.45) is 0. The Bertz CT molecular complexity index is 1280. The molecule has 0 saturated heterocycles. The summed E-state index contributed by atoms with van der Waals surface area (Å²) in [4.78, 5) is 40.4. The van der Waals surface area contributed by atoms with Gasteiger partial charge in [0.05, 0.1) is 32.2 Å². The molecule has 5 N–H and O–H groups in total. The molecule has 0 saturated carbocycles. The molecule has 3 rings (SSSR count). The Morgan fingerprint density at radius 1 is 1.11 bits per heavy atom. The van der Waals surface area contributed by atoms with Gasteiger partial charge in [0.2, 0.25) is 5.91 Å². The van der Waals surface area contributed by atoms with Crippen LogP contribution >= 0.6 is 11.5 Å². The molecule has 1 atom stereocenters. The number of nitrogen functional groups attached to an aromatic ring is 1. The number of anilines is 2. The van der Waals surface area contributed by atoms with E-state index in [1.54, 1.807) is 12.1 Å². The molecular weight excluding hydrogens is 505 g/mol. The number of nitrogens with zero attached hydrogens (tertiary/aromatic N) is 2. The van der Waals surface area contributed by atoms with Crippen LogP contribution in [0.4, 0.5) is 15.8 Å². The van der Waals surface area contributed by atoms with Crippen LogP contribution in [0.15, 0.2) is 42.5 Å². The van der Waals surface area contributed by atoms with Crippen LogP contribution in [-0.2, 0) is 9.53 Å². The summed E-state index contributed by atoms with van der Waals surface area (Å²) in [6, 6.07) is 8.45. The van der Waals surface area contributed by atoms with Crippen LogP contribution in [0.3, 0.4) is 0 Å². The molecule has 0 aliphatic rings. The first-order valence-corrected chi connectivity index (χ1v) is 11.6. The minimum absolute atomic E-state index is 0.129. The molecule has 2 aromatic carbocycles. The van der Waals surface area contributed by atoms with Crippen LogP contribution in [0, 0.1) is 5.82 Å². The van der Waals surface area contributed by atoms with Crippen molar-refractivity contribution in [1.29, 1.82) is 0 Å². The van der Waals surface area contributed by atoms with Crippen molar-refractivity contribution in [3.63, 3.8) is 0 Å². The highest BCUT2D eigenvalue weighted by molar-refractivity contribution is 7.09. The van der Waals surface area contributed by atoms with E-state index in [4.69, 9.17) is 25.7 Å². The second kappa shape index (κ2) is 12.1. The molecule has 3 amide bonds. The van der Waals surface area contributed by atoms with E-state index in [1.807, 2.05) is 0 Å². The molecule has 0 radical (unpaired) electrons. The van der Waals surface area contributed by atoms with E-state index in [1.165, 1.54) is 51.7 Å².